The third kappa shape index (κ3) is 4.06. The van der Waals surface area contributed by atoms with E-state index in [-0.39, 0.29) is 17.7 Å². The van der Waals surface area contributed by atoms with E-state index in [1.54, 1.807) is 11.8 Å². The molecule has 4 nitrogen and oxygen atoms in total. The largest absolute Gasteiger partial charge is 0.309 e. The van der Waals surface area contributed by atoms with E-state index in [0.717, 1.165) is 11.3 Å². The molecule has 0 aliphatic carbocycles. The summed E-state index contributed by atoms with van der Waals surface area (Å²) in [6.07, 6.45) is 0.520. The molecule has 5 heteroatoms. The molecule has 0 aliphatic heterocycles. The van der Waals surface area contributed by atoms with Crippen molar-refractivity contribution in [3.8, 4) is 0 Å². The van der Waals surface area contributed by atoms with Crippen LogP contribution in [-0.4, -0.2) is 31.4 Å². The molecule has 1 atom stereocenters. The van der Waals surface area contributed by atoms with Crippen molar-refractivity contribution in [1.29, 1.82) is 0 Å². The molecule has 1 aromatic carbocycles. The maximum Gasteiger partial charge on any atom is 0.245 e. The van der Waals surface area contributed by atoms with Gasteiger partial charge in [-0.05, 0) is 45.7 Å². The molecular formula is C16H25NO3S. The van der Waals surface area contributed by atoms with Gasteiger partial charge in [-0.1, -0.05) is 25.1 Å². The van der Waals surface area contributed by atoms with Crippen LogP contribution in [0, 0.1) is 6.92 Å². The Morgan fingerprint density at radius 1 is 1.19 bits per heavy atom. The molecule has 0 N–H and O–H groups in total. The fraction of sp³-hybridized carbons (Fsp3) is 0.562. The molecular weight excluding hydrogens is 286 g/mol. The SMILES string of the molecule is CCCS(=O)(=O)[C@H](C)C(=O)N(c1ccccc1C)C(C)C. The van der Waals surface area contributed by atoms with Crippen LogP contribution in [0.15, 0.2) is 24.3 Å². The number of carbonyl (C=O) groups is 1. The van der Waals surface area contributed by atoms with Crippen molar-refractivity contribution in [2.75, 3.05) is 10.7 Å². The average Bonchev–Trinajstić information content (AvgIpc) is 2.39. The molecule has 0 radical (unpaired) electrons. The molecule has 0 spiro atoms. The van der Waals surface area contributed by atoms with Gasteiger partial charge in [0.05, 0.1) is 5.75 Å². The Balaban J connectivity index is 3.19. The number of nitrogens with zero attached hydrogens (tertiary/aromatic N) is 1. The zero-order valence-corrected chi connectivity index (χ0v) is 14.3. The molecule has 0 saturated heterocycles. The van der Waals surface area contributed by atoms with E-state index >= 15 is 0 Å². The van der Waals surface area contributed by atoms with Gasteiger partial charge >= 0.3 is 0 Å². The molecule has 0 aliphatic rings. The van der Waals surface area contributed by atoms with E-state index in [2.05, 4.69) is 0 Å². The maximum absolute atomic E-state index is 12.7. The first-order valence-electron chi connectivity index (χ1n) is 7.32. The predicted molar refractivity (Wildman–Crippen MR) is 87.3 cm³/mol. The lowest BCUT2D eigenvalue weighted by Crippen LogP contribution is -2.46. The van der Waals surface area contributed by atoms with Crippen molar-refractivity contribution in [1.82, 2.24) is 0 Å². The Bertz CT molecular complexity index is 593. The van der Waals surface area contributed by atoms with Crippen molar-refractivity contribution < 1.29 is 13.2 Å². The van der Waals surface area contributed by atoms with Gasteiger partial charge in [-0.2, -0.15) is 0 Å². The van der Waals surface area contributed by atoms with E-state index in [0.29, 0.717) is 6.42 Å². The number of carbonyl (C=O) groups excluding carboxylic acids is 1. The molecule has 0 heterocycles. The minimum Gasteiger partial charge on any atom is -0.309 e. The highest BCUT2D eigenvalue weighted by Gasteiger charge is 2.33. The minimum atomic E-state index is -3.40. The standard InChI is InChI=1S/C16H25NO3S/c1-6-11-21(19,20)14(5)16(18)17(12(2)3)15-10-8-7-9-13(15)4/h7-10,12,14H,6,11H2,1-5H3/t14-/m1/s1. The topological polar surface area (TPSA) is 54.5 Å². The summed E-state index contributed by atoms with van der Waals surface area (Å²) in [6, 6.07) is 7.43. The fourth-order valence-corrected chi connectivity index (χ4v) is 3.64. The van der Waals surface area contributed by atoms with Crippen LogP contribution in [0.1, 0.15) is 39.7 Å². The maximum atomic E-state index is 12.7. The summed E-state index contributed by atoms with van der Waals surface area (Å²) >= 11 is 0. The molecule has 0 fully saturated rings. The van der Waals surface area contributed by atoms with Crippen LogP contribution in [0.4, 0.5) is 5.69 Å². The minimum absolute atomic E-state index is 0.0413. The van der Waals surface area contributed by atoms with Crippen molar-refractivity contribution in [3.05, 3.63) is 29.8 Å². The summed E-state index contributed by atoms with van der Waals surface area (Å²) in [5, 5.41) is -1.01. The number of rotatable bonds is 6. The average molecular weight is 311 g/mol. The van der Waals surface area contributed by atoms with Crippen molar-refractivity contribution in [2.24, 2.45) is 0 Å². The molecule has 118 valence electrons. The van der Waals surface area contributed by atoms with Crippen LogP contribution in [0.2, 0.25) is 0 Å². The molecule has 1 amide bonds. The van der Waals surface area contributed by atoms with Gasteiger partial charge in [-0.15, -0.1) is 0 Å². The lowest BCUT2D eigenvalue weighted by Gasteiger charge is -2.30. The number of sulfone groups is 1. The number of benzene rings is 1. The highest BCUT2D eigenvalue weighted by molar-refractivity contribution is 7.92. The monoisotopic (exact) mass is 311 g/mol. The van der Waals surface area contributed by atoms with Gasteiger partial charge in [0.1, 0.15) is 5.25 Å². The highest BCUT2D eigenvalue weighted by Crippen LogP contribution is 2.24. The first kappa shape index (κ1) is 17.7. The van der Waals surface area contributed by atoms with E-state index < -0.39 is 15.1 Å². The van der Waals surface area contributed by atoms with Crippen LogP contribution in [0.5, 0.6) is 0 Å². The van der Waals surface area contributed by atoms with Gasteiger partial charge in [0, 0.05) is 11.7 Å². The molecule has 0 unspecified atom stereocenters. The summed E-state index contributed by atoms with van der Waals surface area (Å²) in [5.74, 6) is -0.313. The Morgan fingerprint density at radius 2 is 1.76 bits per heavy atom. The van der Waals surface area contributed by atoms with Gasteiger partial charge in [-0.3, -0.25) is 4.79 Å². The number of hydrogen-bond donors (Lipinski definition) is 0. The Morgan fingerprint density at radius 3 is 2.24 bits per heavy atom. The van der Waals surface area contributed by atoms with Crippen LogP contribution in [0.3, 0.4) is 0 Å². The lowest BCUT2D eigenvalue weighted by atomic mass is 10.1. The Hall–Kier alpha value is -1.36. The smallest absolute Gasteiger partial charge is 0.245 e. The van der Waals surface area contributed by atoms with Crippen molar-refractivity contribution in [2.45, 2.75) is 52.3 Å². The summed E-state index contributed by atoms with van der Waals surface area (Å²) in [6.45, 7) is 8.99. The highest BCUT2D eigenvalue weighted by atomic mass is 32.2. The normalized spacial score (nSPS) is 13.2. The third-order valence-corrected chi connectivity index (χ3v) is 5.76. The summed E-state index contributed by atoms with van der Waals surface area (Å²) in [7, 11) is -3.40. The third-order valence-electron chi connectivity index (χ3n) is 3.50. The molecule has 1 rings (SSSR count). The zero-order chi connectivity index (χ0) is 16.2. The van der Waals surface area contributed by atoms with Gasteiger partial charge in [-0.25, -0.2) is 8.42 Å². The summed E-state index contributed by atoms with van der Waals surface area (Å²) in [4.78, 5) is 14.3. The molecule has 21 heavy (non-hydrogen) atoms. The Kier molecular flexibility index (Phi) is 5.96. The van der Waals surface area contributed by atoms with Crippen molar-refractivity contribution >= 4 is 21.4 Å². The molecule has 0 bridgehead atoms. The number of anilines is 1. The number of hydrogen-bond acceptors (Lipinski definition) is 3. The second-order valence-electron chi connectivity index (χ2n) is 5.60. The number of para-hydroxylation sites is 1. The first-order chi connectivity index (χ1) is 9.72. The summed E-state index contributed by atoms with van der Waals surface area (Å²) in [5.41, 5.74) is 1.73. The van der Waals surface area contributed by atoms with Gasteiger partial charge in [0.2, 0.25) is 5.91 Å². The second-order valence-corrected chi connectivity index (χ2v) is 8.04. The predicted octanol–water partition coefficient (Wildman–Crippen LogP) is 2.95. The van der Waals surface area contributed by atoms with Crippen molar-refractivity contribution in [3.63, 3.8) is 0 Å². The van der Waals surface area contributed by atoms with E-state index in [1.165, 1.54) is 6.92 Å². The number of aryl methyl sites for hydroxylation is 1. The lowest BCUT2D eigenvalue weighted by molar-refractivity contribution is -0.118. The number of amides is 1. The molecule has 0 saturated carbocycles. The fourth-order valence-electron chi connectivity index (χ4n) is 2.30. The van der Waals surface area contributed by atoms with E-state index in [9.17, 15) is 13.2 Å². The van der Waals surface area contributed by atoms with Crippen LogP contribution in [0.25, 0.3) is 0 Å². The van der Waals surface area contributed by atoms with Gasteiger partial charge in [0.15, 0.2) is 9.84 Å². The molecule has 1 aromatic rings. The van der Waals surface area contributed by atoms with Gasteiger partial charge in [0.25, 0.3) is 0 Å². The Labute approximate surface area is 128 Å². The van der Waals surface area contributed by atoms with Gasteiger partial charge < -0.3 is 4.90 Å². The first-order valence-corrected chi connectivity index (χ1v) is 9.04. The van der Waals surface area contributed by atoms with Crippen LogP contribution >= 0.6 is 0 Å². The zero-order valence-electron chi connectivity index (χ0n) is 13.5. The van der Waals surface area contributed by atoms with Crippen LogP contribution < -0.4 is 4.90 Å². The van der Waals surface area contributed by atoms with E-state index in [4.69, 9.17) is 0 Å². The van der Waals surface area contributed by atoms with E-state index in [1.807, 2.05) is 45.0 Å². The second kappa shape index (κ2) is 7.07. The quantitative estimate of drug-likeness (QED) is 0.811. The summed E-state index contributed by atoms with van der Waals surface area (Å²) < 4.78 is 24.3. The van der Waals surface area contributed by atoms with Crippen LogP contribution in [-0.2, 0) is 14.6 Å². The molecule has 0 aromatic heterocycles.